The summed E-state index contributed by atoms with van der Waals surface area (Å²) in [5.41, 5.74) is 6.36. The van der Waals surface area contributed by atoms with E-state index in [1.807, 2.05) is 66.7 Å². The third kappa shape index (κ3) is 2.99. The highest BCUT2D eigenvalue weighted by atomic mass is 16.2. The van der Waals surface area contributed by atoms with Gasteiger partial charge in [0.1, 0.15) is 0 Å². The number of carbonyl (C=O) groups is 1. The third-order valence-electron chi connectivity index (χ3n) is 5.27. The first-order valence-corrected chi connectivity index (χ1v) is 9.42. The third-order valence-corrected chi connectivity index (χ3v) is 5.27. The zero-order valence-electron chi connectivity index (χ0n) is 15.6. The largest absolute Gasteiger partial charge is 0.342 e. The minimum atomic E-state index is -0.0740. The van der Waals surface area contributed by atoms with E-state index in [0.717, 1.165) is 33.3 Å². The van der Waals surface area contributed by atoms with E-state index in [1.165, 1.54) is 0 Å². The summed E-state index contributed by atoms with van der Waals surface area (Å²) in [5, 5.41) is 13.0. The highest BCUT2D eigenvalue weighted by Gasteiger charge is 2.23. The van der Waals surface area contributed by atoms with Crippen LogP contribution in [-0.4, -0.2) is 10.5 Å². The van der Waals surface area contributed by atoms with Gasteiger partial charge in [0.2, 0.25) is 0 Å². The first-order chi connectivity index (χ1) is 14.2. The molecule has 1 aliphatic heterocycles. The Kier molecular flexibility index (Phi) is 4.00. The maximum Gasteiger partial charge on any atom is 0.256 e. The van der Waals surface area contributed by atoms with Crippen LogP contribution in [0.3, 0.4) is 0 Å². The molecule has 1 aromatic heterocycles. The average Bonchev–Trinajstić information content (AvgIpc) is 3.26. The lowest BCUT2D eigenvalue weighted by molar-refractivity contribution is -0.110. The molecular weight excluding hydrogens is 358 g/mol. The maximum atomic E-state index is 12.5. The van der Waals surface area contributed by atoms with Crippen LogP contribution in [0.2, 0.25) is 0 Å². The van der Waals surface area contributed by atoms with Crippen molar-refractivity contribution in [2.75, 3.05) is 5.32 Å². The number of benzene rings is 3. The van der Waals surface area contributed by atoms with Crippen molar-refractivity contribution in [1.29, 1.82) is 5.26 Å². The van der Waals surface area contributed by atoms with Crippen molar-refractivity contribution in [1.82, 2.24) is 4.57 Å². The van der Waals surface area contributed by atoms with Crippen LogP contribution in [0.5, 0.6) is 0 Å². The molecule has 2 heterocycles. The molecule has 138 valence electrons. The Morgan fingerprint density at radius 2 is 1.72 bits per heavy atom. The highest BCUT2D eigenvalue weighted by Crippen LogP contribution is 2.34. The first kappa shape index (κ1) is 17.0. The molecule has 1 amide bonds. The fourth-order valence-corrected chi connectivity index (χ4v) is 3.84. The van der Waals surface area contributed by atoms with Gasteiger partial charge in [-0.3, -0.25) is 4.79 Å². The molecule has 0 fully saturated rings. The summed E-state index contributed by atoms with van der Waals surface area (Å²) in [6, 6.07) is 25.7. The normalized spacial score (nSPS) is 14.0. The van der Waals surface area contributed by atoms with E-state index in [1.54, 1.807) is 0 Å². The number of nitrogens with zero attached hydrogens (tertiary/aromatic N) is 2. The summed E-state index contributed by atoms with van der Waals surface area (Å²) >= 11 is 0. The highest BCUT2D eigenvalue weighted by molar-refractivity contribution is 6.35. The molecule has 0 atom stereocenters. The van der Waals surface area contributed by atoms with E-state index in [2.05, 4.69) is 34.3 Å². The predicted octanol–water partition coefficient (Wildman–Crippen LogP) is 5.05. The number of rotatable bonds is 3. The fourth-order valence-electron chi connectivity index (χ4n) is 3.84. The van der Waals surface area contributed by atoms with Gasteiger partial charge in [-0.15, -0.1) is 0 Å². The van der Waals surface area contributed by atoms with Crippen LogP contribution in [-0.2, 0) is 11.3 Å². The Labute approximate surface area is 168 Å². The van der Waals surface area contributed by atoms with Crippen molar-refractivity contribution in [2.24, 2.45) is 0 Å². The molecule has 0 saturated heterocycles. The van der Waals surface area contributed by atoms with Gasteiger partial charge in [0, 0.05) is 46.0 Å². The number of amides is 1. The molecule has 0 aliphatic carbocycles. The lowest BCUT2D eigenvalue weighted by atomic mass is 10.0. The monoisotopic (exact) mass is 375 g/mol. The molecule has 3 aromatic carbocycles. The molecule has 0 spiro atoms. The topological polar surface area (TPSA) is 57.8 Å². The van der Waals surface area contributed by atoms with E-state index in [4.69, 9.17) is 5.26 Å². The van der Waals surface area contributed by atoms with Gasteiger partial charge < -0.3 is 9.88 Å². The molecule has 5 rings (SSSR count). The molecule has 1 aliphatic rings. The van der Waals surface area contributed by atoms with Crippen LogP contribution in [0.15, 0.2) is 79.0 Å². The van der Waals surface area contributed by atoms with Gasteiger partial charge in [0.05, 0.1) is 11.6 Å². The Hall–Kier alpha value is -4.10. The summed E-state index contributed by atoms with van der Waals surface area (Å²) in [6.07, 6.45) is 4.06. The predicted molar refractivity (Wildman–Crippen MR) is 115 cm³/mol. The van der Waals surface area contributed by atoms with Crippen LogP contribution in [0, 0.1) is 11.3 Å². The molecule has 4 nitrogen and oxygen atoms in total. The van der Waals surface area contributed by atoms with Crippen LogP contribution in [0.4, 0.5) is 5.69 Å². The number of anilines is 1. The van der Waals surface area contributed by atoms with Crippen LogP contribution >= 0.6 is 0 Å². The molecule has 4 aromatic rings. The minimum Gasteiger partial charge on any atom is -0.342 e. The quantitative estimate of drug-likeness (QED) is 0.509. The van der Waals surface area contributed by atoms with Gasteiger partial charge in [-0.2, -0.15) is 5.26 Å². The summed E-state index contributed by atoms with van der Waals surface area (Å²) in [4.78, 5) is 12.5. The Morgan fingerprint density at radius 1 is 0.966 bits per heavy atom. The maximum absolute atomic E-state index is 12.5. The van der Waals surface area contributed by atoms with Crippen molar-refractivity contribution in [3.63, 3.8) is 0 Å². The standard InChI is InChI=1S/C25H17N3O/c26-14-17-9-11-18(12-10-17)15-28-16-19(20-5-2-4-8-24(20)28)13-22-21-6-1-3-7-23(21)27-25(22)29/h1-13,16H,15H2,(H,27,29)/b22-13+. The number of para-hydroxylation sites is 2. The number of hydrogen-bond donors (Lipinski definition) is 1. The SMILES string of the molecule is N#Cc1ccc(Cn2cc(/C=C3/C(=O)Nc4ccccc43)c3ccccc32)cc1. The summed E-state index contributed by atoms with van der Waals surface area (Å²) in [5.74, 6) is -0.0740. The molecule has 0 saturated carbocycles. The van der Waals surface area contributed by atoms with Gasteiger partial charge in [0.15, 0.2) is 0 Å². The van der Waals surface area contributed by atoms with Gasteiger partial charge in [-0.25, -0.2) is 0 Å². The van der Waals surface area contributed by atoms with E-state index in [9.17, 15) is 4.79 Å². The van der Waals surface area contributed by atoms with Crippen molar-refractivity contribution in [2.45, 2.75) is 6.54 Å². The summed E-state index contributed by atoms with van der Waals surface area (Å²) in [6.45, 7) is 0.693. The molecule has 29 heavy (non-hydrogen) atoms. The van der Waals surface area contributed by atoms with Crippen LogP contribution in [0.25, 0.3) is 22.6 Å². The van der Waals surface area contributed by atoms with Gasteiger partial charge >= 0.3 is 0 Å². The number of aromatic nitrogens is 1. The van der Waals surface area contributed by atoms with E-state index >= 15 is 0 Å². The van der Waals surface area contributed by atoms with Gasteiger partial charge in [0.25, 0.3) is 5.91 Å². The number of hydrogen-bond acceptors (Lipinski definition) is 2. The second-order valence-corrected chi connectivity index (χ2v) is 7.10. The summed E-state index contributed by atoms with van der Waals surface area (Å²) < 4.78 is 2.18. The molecule has 1 N–H and O–H groups in total. The fraction of sp³-hybridized carbons (Fsp3) is 0.0400. The zero-order valence-corrected chi connectivity index (χ0v) is 15.6. The zero-order chi connectivity index (χ0) is 19.8. The Morgan fingerprint density at radius 3 is 2.55 bits per heavy atom. The lowest BCUT2D eigenvalue weighted by Crippen LogP contribution is -2.03. The second-order valence-electron chi connectivity index (χ2n) is 7.10. The minimum absolute atomic E-state index is 0.0740. The van der Waals surface area contributed by atoms with E-state index in [0.29, 0.717) is 17.7 Å². The van der Waals surface area contributed by atoms with Crippen molar-refractivity contribution >= 4 is 34.1 Å². The van der Waals surface area contributed by atoms with Gasteiger partial charge in [-0.05, 0) is 35.9 Å². The molecule has 0 unspecified atom stereocenters. The first-order valence-electron chi connectivity index (χ1n) is 9.42. The van der Waals surface area contributed by atoms with Crippen LogP contribution in [0.1, 0.15) is 22.3 Å². The average molecular weight is 375 g/mol. The molecule has 0 radical (unpaired) electrons. The Balaban J connectivity index is 1.59. The molecule has 4 heteroatoms. The van der Waals surface area contributed by atoms with E-state index in [-0.39, 0.29) is 5.91 Å². The molecule has 0 bridgehead atoms. The smallest absolute Gasteiger partial charge is 0.256 e. The number of nitriles is 1. The van der Waals surface area contributed by atoms with Crippen molar-refractivity contribution in [3.8, 4) is 6.07 Å². The lowest BCUT2D eigenvalue weighted by Gasteiger charge is -2.05. The Bertz CT molecular complexity index is 1320. The second kappa shape index (κ2) is 6.81. The van der Waals surface area contributed by atoms with E-state index < -0.39 is 0 Å². The summed E-state index contributed by atoms with van der Waals surface area (Å²) in [7, 11) is 0. The van der Waals surface area contributed by atoms with Crippen molar-refractivity contribution < 1.29 is 4.79 Å². The van der Waals surface area contributed by atoms with Crippen molar-refractivity contribution in [3.05, 3.63) is 101 Å². The number of fused-ring (bicyclic) bond motifs is 2. The number of carbonyl (C=O) groups excluding carboxylic acids is 1. The molecular formula is C25H17N3O. The number of nitrogens with one attached hydrogen (secondary N) is 1. The van der Waals surface area contributed by atoms with Crippen LogP contribution < -0.4 is 5.32 Å². The van der Waals surface area contributed by atoms with Gasteiger partial charge in [-0.1, -0.05) is 48.5 Å².